The van der Waals surface area contributed by atoms with Crippen LogP contribution in [0.1, 0.15) is 16.7 Å². The van der Waals surface area contributed by atoms with E-state index in [9.17, 15) is 0 Å². The number of rotatable bonds is 1. The summed E-state index contributed by atoms with van der Waals surface area (Å²) >= 11 is 0. The van der Waals surface area contributed by atoms with Gasteiger partial charge in [-0.2, -0.15) is 5.26 Å². The van der Waals surface area contributed by atoms with E-state index in [0.29, 0.717) is 5.56 Å². The predicted octanol–water partition coefficient (Wildman–Crippen LogP) is 2.77. The normalized spacial score (nSPS) is 10.1. The minimum atomic E-state index is 0.673. The third-order valence-electron chi connectivity index (χ3n) is 2.63. The Morgan fingerprint density at radius 3 is 2.62 bits per heavy atom. The fourth-order valence-electron chi connectivity index (χ4n) is 1.97. The van der Waals surface area contributed by atoms with Gasteiger partial charge in [0.05, 0.1) is 17.1 Å². The van der Waals surface area contributed by atoms with Gasteiger partial charge in [-0.1, -0.05) is 6.07 Å². The van der Waals surface area contributed by atoms with Crippen molar-refractivity contribution in [3.8, 4) is 6.07 Å². The number of benzene rings is 1. The topological polar surface area (TPSA) is 48.7 Å². The summed E-state index contributed by atoms with van der Waals surface area (Å²) in [5, 5.41) is 13.1. The fraction of sp³-hybridized carbons (Fsp3) is 0.231. The molecule has 2 aromatic rings. The number of hydrogen-bond acceptors (Lipinski definition) is 3. The van der Waals surface area contributed by atoms with Gasteiger partial charge in [-0.05, 0) is 37.1 Å². The zero-order valence-corrected chi connectivity index (χ0v) is 9.63. The summed E-state index contributed by atoms with van der Waals surface area (Å²) in [5.74, 6) is 0.731. The Hall–Kier alpha value is -2.08. The third kappa shape index (κ3) is 1.59. The Morgan fingerprint density at radius 1 is 1.25 bits per heavy atom. The van der Waals surface area contributed by atoms with Crippen LogP contribution in [0, 0.1) is 25.2 Å². The molecule has 1 aromatic heterocycles. The number of nitrogens with zero attached hydrogens (tertiary/aromatic N) is 2. The summed E-state index contributed by atoms with van der Waals surface area (Å²) in [6.07, 6.45) is 0. The van der Waals surface area contributed by atoms with E-state index in [0.717, 1.165) is 27.8 Å². The largest absolute Gasteiger partial charge is 0.373 e. The molecule has 3 nitrogen and oxygen atoms in total. The molecule has 0 fully saturated rings. The van der Waals surface area contributed by atoms with Gasteiger partial charge < -0.3 is 5.32 Å². The van der Waals surface area contributed by atoms with Gasteiger partial charge in [0.1, 0.15) is 5.82 Å². The number of aryl methyl sites for hydroxylation is 2. The van der Waals surface area contributed by atoms with Crippen molar-refractivity contribution in [3.63, 3.8) is 0 Å². The van der Waals surface area contributed by atoms with E-state index in [1.165, 1.54) is 0 Å². The Morgan fingerprint density at radius 2 is 2.00 bits per heavy atom. The van der Waals surface area contributed by atoms with Crippen molar-refractivity contribution in [2.24, 2.45) is 0 Å². The van der Waals surface area contributed by atoms with Gasteiger partial charge in [-0.25, -0.2) is 4.98 Å². The first-order chi connectivity index (χ1) is 7.65. The molecule has 1 heterocycles. The lowest BCUT2D eigenvalue weighted by atomic mass is 10.0. The molecule has 0 aliphatic rings. The lowest BCUT2D eigenvalue weighted by molar-refractivity contribution is 1.31. The van der Waals surface area contributed by atoms with Crippen LogP contribution in [-0.2, 0) is 0 Å². The lowest BCUT2D eigenvalue weighted by Crippen LogP contribution is -1.96. The minimum absolute atomic E-state index is 0.673. The molecule has 1 N–H and O–H groups in total. The number of fused-ring (bicyclic) bond motifs is 1. The zero-order valence-electron chi connectivity index (χ0n) is 9.63. The first-order valence-corrected chi connectivity index (χ1v) is 5.15. The van der Waals surface area contributed by atoms with Crippen LogP contribution in [0.4, 0.5) is 5.82 Å². The van der Waals surface area contributed by atoms with Gasteiger partial charge in [0, 0.05) is 12.4 Å². The van der Waals surface area contributed by atoms with Crippen LogP contribution in [0.25, 0.3) is 10.9 Å². The number of nitriles is 1. The molecule has 16 heavy (non-hydrogen) atoms. The predicted molar refractivity (Wildman–Crippen MR) is 65.5 cm³/mol. The summed E-state index contributed by atoms with van der Waals surface area (Å²) in [4.78, 5) is 4.46. The van der Waals surface area contributed by atoms with E-state index in [2.05, 4.69) is 22.4 Å². The van der Waals surface area contributed by atoms with Crippen LogP contribution in [0.15, 0.2) is 18.2 Å². The molecule has 0 aliphatic heterocycles. The van der Waals surface area contributed by atoms with E-state index >= 15 is 0 Å². The van der Waals surface area contributed by atoms with Gasteiger partial charge in [0.15, 0.2) is 0 Å². The fourth-order valence-corrected chi connectivity index (χ4v) is 1.97. The van der Waals surface area contributed by atoms with E-state index in [1.54, 1.807) is 13.1 Å². The van der Waals surface area contributed by atoms with Crippen molar-refractivity contribution in [2.45, 2.75) is 13.8 Å². The molecule has 2 rings (SSSR count). The molecule has 0 unspecified atom stereocenters. The molecule has 1 aromatic carbocycles. The molecule has 0 amide bonds. The number of pyridine rings is 1. The maximum absolute atomic E-state index is 9.14. The molecule has 0 saturated heterocycles. The van der Waals surface area contributed by atoms with Crippen LogP contribution in [-0.4, -0.2) is 12.0 Å². The lowest BCUT2D eigenvalue weighted by Gasteiger charge is -2.08. The van der Waals surface area contributed by atoms with Gasteiger partial charge >= 0.3 is 0 Å². The molecule has 0 saturated carbocycles. The molecule has 0 aliphatic carbocycles. The summed E-state index contributed by atoms with van der Waals surface area (Å²) in [7, 11) is 1.80. The number of aromatic nitrogens is 1. The maximum Gasteiger partial charge on any atom is 0.127 e. The number of anilines is 1. The first-order valence-electron chi connectivity index (χ1n) is 5.15. The Kier molecular flexibility index (Phi) is 2.49. The highest BCUT2D eigenvalue weighted by molar-refractivity contribution is 5.89. The van der Waals surface area contributed by atoms with Gasteiger partial charge in [-0.15, -0.1) is 0 Å². The van der Waals surface area contributed by atoms with E-state index < -0.39 is 0 Å². The van der Waals surface area contributed by atoms with Crippen LogP contribution in [0.3, 0.4) is 0 Å². The standard InChI is InChI=1S/C13H13N3/c1-8-4-9(2)13-10(7-14)6-12(15-3)16-11(13)5-8/h4-6H,1-3H3,(H,15,16). The summed E-state index contributed by atoms with van der Waals surface area (Å²) < 4.78 is 0. The van der Waals surface area contributed by atoms with E-state index in [4.69, 9.17) is 5.26 Å². The second-order valence-corrected chi connectivity index (χ2v) is 3.89. The van der Waals surface area contributed by atoms with Crippen molar-refractivity contribution >= 4 is 16.7 Å². The summed E-state index contributed by atoms with van der Waals surface area (Å²) in [6, 6.07) is 8.08. The van der Waals surface area contributed by atoms with Crippen LogP contribution in [0.2, 0.25) is 0 Å². The highest BCUT2D eigenvalue weighted by Crippen LogP contribution is 2.24. The third-order valence-corrected chi connectivity index (χ3v) is 2.63. The minimum Gasteiger partial charge on any atom is -0.373 e. The van der Waals surface area contributed by atoms with E-state index in [1.807, 2.05) is 19.9 Å². The van der Waals surface area contributed by atoms with Crippen LogP contribution in [0.5, 0.6) is 0 Å². The van der Waals surface area contributed by atoms with E-state index in [-0.39, 0.29) is 0 Å². The zero-order chi connectivity index (χ0) is 11.7. The quantitative estimate of drug-likeness (QED) is 0.789. The van der Waals surface area contributed by atoms with Crippen molar-refractivity contribution in [1.82, 2.24) is 4.98 Å². The summed E-state index contributed by atoms with van der Waals surface area (Å²) in [5.41, 5.74) is 3.81. The Bertz CT molecular complexity index is 594. The average molecular weight is 211 g/mol. The molecule has 80 valence electrons. The highest BCUT2D eigenvalue weighted by atomic mass is 15.0. The van der Waals surface area contributed by atoms with Gasteiger partial charge in [0.2, 0.25) is 0 Å². The van der Waals surface area contributed by atoms with Crippen LogP contribution >= 0.6 is 0 Å². The molecule has 0 atom stereocenters. The molecular weight excluding hydrogens is 198 g/mol. The molecule has 0 spiro atoms. The first kappa shape index (κ1) is 10.4. The maximum atomic E-state index is 9.14. The molecular formula is C13H13N3. The Balaban J connectivity index is 2.91. The number of nitrogens with one attached hydrogen (secondary N) is 1. The SMILES string of the molecule is CNc1cc(C#N)c2c(C)cc(C)cc2n1. The van der Waals surface area contributed by atoms with Crippen molar-refractivity contribution in [2.75, 3.05) is 12.4 Å². The second-order valence-electron chi connectivity index (χ2n) is 3.89. The molecule has 0 bridgehead atoms. The Labute approximate surface area is 94.7 Å². The molecule has 0 radical (unpaired) electrons. The van der Waals surface area contributed by atoms with Crippen molar-refractivity contribution in [1.29, 1.82) is 5.26 Å². The second kappa shape index (κ2) is 3.82. The monoisotopic (exact) mass is 211 g/mol. The number of hydrogen-bond donors (Lipinski definition) is 1. The van der Waals surface area contributed by atoms with Crippen molar-refractivity contribution < 1.29 is 0 Å². The molecule has 3 heteroatoms. The average Bonchev–Trinajstić information content (AvgIpc) is 2.26. The van der Waals surface area contributed by atoms with Gasteiger partial charge in [0.25, 0.3) is 0 Å². The smallest absolute Gasteiger partial charge is 0.127 e. The van der Waals surface area contributed by atoms with Crippen molar-refractivity contribution in [3.05, 3.63) is 34.9 Å². The highest BCUT2D eigenvalue weighted by Gasteiger charge is 2.07. The van der Waals surface area contributed by atoms with Crippen LogP contribution < -0.4 is 5.32 Å². The summed E-state index contributed by atoms with van der Waals surface area (Å²) in [6.45, 7) is 4.04. The van der Waals surface area contributed by atoms with Gasteiger partial charge in [-0.3, -0.25) is 0 Å².